The molecule has 3 N–H and O–H groups in total. The minimum absolute atomic E-state index is 0.0662. The normalized spacial score (nSPS) is 11.2. The van der Waals surface area contributed by atoms with Crippen molar-refractivity contribution in [3.8, 4) is 5.69 Å². The van der Waals surface area contributed by atoms with Gasteiger partial charge < -0.3 is 5.73 Å². The molecular formula is C20H17N5OS. The fourth-order valence-corrected chi connectivity index (χ4v) is 3.27. The Kier molecular flexibility index (Phi) is 3.89. The van der Waals surface area contributed by atoms with Crippen molar-refractivity contribution in [1.82, 2.24) is 14.0 Å². The highest BCUT2D eigenvalue weighted by molar-refractivity contribution is 7.80. The molecule has 134 valence electrons. The molecule has 0 aliphatic heterocycles. The van der Waals surface area contributed by atoms with E-state index in [9.17, 15) is 4.79 Å². The molecule has 7 heteroatoms. The van der Waals surface area contributed by atoms with E-state index in [2.05, 4.69) is 4.98 Å². The molecule has 0 unspecified atom stereocenters. The molecular weight excluding hydrogens is 358 g/mol. The van der Waals surface area contributed by atoms with E-state index in [4.69, 9.17) is 23.4 Å². The number of aryl methyl sites for hydroxylation is 2. The van der Waals surface area contributed by atoms with E-state index in [0.717, 1.165) is 16.8 Å². The summed E-state index contributed by atoms with van der Waals surface area (Å²) in [5.41, 5.74) is 9.72. The van der Waals surface area contributed by atoms with Gasteiger partial charge in [-0.1, -0.05) is 36.0 Å². The number of pyridine rings is 2. The number of benzene rings is 1. The highest BCUT2D eigenvalue weighted by atomic mass is 32.1. The van der Waals surface area contributed by atoms with Crippen LogP contribution in [0.25, 0.3) is 22.4 Å². The number of hydrogen-bond acceptors (Lipinski definition) is 4. The number of fused-ring (bicyclic) bond motifs is 2. The van der Waals surface area contributed by atoms with Gasteiger partial charge in [-0.05, 0) is 43.7 Å². The van der Waals surface area contributed by atoms with Gasteiger partial charge in [-0.2, -0.15) is 0 Å². The Bertz CT molecular complexity index is 1350. The Balaban J connectivity index is 2.25. The van der Waals surface area contributed by atoms with Crippen LogP contribution in [-0.4, -0.2) is 18.9 Å². The predicted molar refractivity (Wildman–Crippen MR) is 110 cm³/mol. The molecule has 0 fully saturated rings. The zero-order valence-electron chi connectivity index (χ0n) is 14.9. The molecule has 0 atom stereocenters. The lowest BCUT2D eigenvalue weighted by Crippen LogP contribution is -2.31. The van der Waals surface area contributed by atoms with Crippen LogP contribution in [0.4, 0.5) is 0 Å². The maximum Gasteiger partial charge on any atom is 0.267 e. The second kappa shape index (κ2) is 6.14. The number of aromatic nitrogens is 3. The molecule has 27 heavy (non-hydrogen) atoms. The van der Waals surface area contributed by atoms with E-state index in [-0.39, 0.29) is 16.0 Å². The van der Waals surface area contributed by atoms with Gasteiger partial charge in [0.05, 0.1) is 10.9 Å². The van der Waals surface area contributed by atoms with Gasteiger partial charge in [0.25, 0.3) is 5.56 Å². The Morgan fingerprint density at radius 2 is 1.78 bits per heavy atom. The maximum absolute atomic E-state index is 13.1. The van der Waals surface area contributed by atoms with Gasteiger partial charge in [-0.3, -0.25) is 19.2 Å². The highest BCUT2D eigenvalue weighted by Gasteiger charge is 2.15. The van der Waals surface area contributed by atoms with E-state index in [1.165, 1.54) is 4.40 Å². The fourth-order valence-electron chi connectivity index (χ4n) is 3.12. The molecule has 4 rings (SSSR count). The molecule has 0 bridgehead atoms. The van der Waals surface area contributed by atoms with E-state index in [1.54, 1.807) is 22.9 Å². The van der Waals surface area contributed by atoms with Crippen LogP contribution in [-0.2, 0) is 0 Å². The minimum atomic E-state index is -0.225. The lowest BCUT2D eigenvalue weighted by atomic mass is 10.1. The van der Waals surface area contributed by atoms with Gasteiger partial charge >= 0.3 is 0 Å². The summed E-state index contributed by atoms with van der Waals surface area (Å²) < 4.78 is 3.12. The van der Waals surface area contributed by atoms with Crippen LogP contribution in [0.15, 0.2) is 53.5 Å². The summed E-state index contributed by atoms with van der Waals surface area (Å²) in [6, 6.07) is 12.9. The zero-order chi connectivity index (χ0) is 19.3. The number of thiocarbonyl (C=S) groups is 1. The van der Waals surface area contributed by atoms with Crippen molar-refractivity contribution in [3.05, 3.63) is 81.2 Å². The van der Waals surface area contributed by atoms with Gasteiger partial charge in [-0.25, -0.2) is 4.98 Å². The predicted octanol–water partition coefficient (Wildman–Crippen LogP) is 2.37. The second-order valence-electron chi connectivity index (χ2n) is 6.53. The fraction of sp³-hybridized carbons (Fsp3) is 0.100. The molecule has 6 nitrogen and oxygen atoms in total. The quantitative estimate of drug-likeness (QED) is 0.416. The third-order valence-corrected chi connectivity index (χ3v) is 4.74. The summed E-state index contributed by atoms with van der Waals surface area (Å²) in [5.74, 6) is 0. The molecule has 0 spiro atoms. The molecule has 3 aromatic heterocycles. The minimum Gasteiger partial charge on any atom is -0.389 e. The van der Waals surface area contributed by atoms with Crippen LogP contribution in [0.1, 0.15) is 16.7 Å². The number of nitrogens with two attached hydrogens (primary N) is 1. The zero-order valence-corrected chi connectivity index (χ0v) is 15.7. The van der Waals surface area contributed by atoms with Crippen molar-refractivity contribution in [1.29, 1.82) is 5.41 Å². The molecule has 0 amide bonds. The number of nitrogens with zero attached hydrogens (tertiary/aromatic N) is 3. The number of nitrogens with one attached hydrogen (secondary N) is 1. The third kappa shape index (κ3) is 2.72. The monoisotopic (exact) mass is 375 g/mol. The molecule has 1 aromatic carbocycles. The maximum atomic E-state index is 13.1. The van der Waals surface area contributed by atoms with Gasteiger partial charge in [0.2, 0.25) is 0 Å². The summed E-state index contributed by atoms with van der Waals surface area (Å²) in [5, 5.41) is 8.97. The van der Waals surface area contributed by atoms with Crippen molar-refractivity contribution < 1.29 is 0 Å². The van der Waals surface area contributed by atoms with Gasteiger partial charge in [0, 0.05) is 11.9 Å². The molecule has 0 saturated carbocycles. The topological polar surface area (TPSA) is 89.2 Å². The molecule has 3 heterocycles. The van der Waals surface area contributed by atoms with E-state index in [0.29, 0.717) is 22.2 Å². The van der Waals surface area contributed by atoms with Crippen LogP contribution < -0.4 is 16.8 Å². The van der Waals surface area contributed by atoms with E-state index >= 15 is 0 Å². The Morgan fingerprint density at radius 3 is 2.44 bits per heavy atom. The Hall–Kier alpha value is -3.32. The lowest BCUT2D eigenvalue weighted by molar-refractivity contribution is 0.931. The molecule has 0 radical (unpaired) electrons. The standard InChI is InChI=1S/C20H17N5OS/c1-11-3-6-13(7-4-11)25-17(21)14(18(22)27)9-15-19(25)23-16-8-5-12(2)10-24(16)20(15)26/h3-10,21H,1-2H3,(H2,22,27). The van der Waals surface area contributed by atoms with Crippen LogP contribution in [0.2, 0.25) is 0 Å². The van der Waals surface area contributed by atoms with Gasteiger partial charge in [-0.15, -0.1) is 0 Å². The Morgan fingerprint density at radius 1 is 1.11 bits per heavy atom. The summed E-state index contributed by atoms with van der Waals surface area (Å²) in [6.45, 7) is 3.90. The van der Waals surface area contributed by atoms with Crippen LogP contribution in [0, 0.1) is 19.3 Å². The van der Waals surface area contributed by atoms with Crippen LogP contribution >= 0.6 is 12.2 Å². The van der Waals surface area contributed by atoms with E-state index in [1.807, 2.05) is 44.2 Å². The summed E-state index contributed by atoms with van der Waals surface area (Å²) in [7, 11) is 0. The summed E-state index contributed by atoms with van der Waals surface area (Å²) in [6.07, 6.45) is 1.75. The molecule has 0 aliphatic carbocycles. The average molecular weight is 375 g/mol. The smallest absolute Gasteiger partial charge is 0.267 e. The van der Waals surface area contributed by atoms with Crippen molar-refractivity contribution in [2.75, 3.05) is 0 Å². The summed E-state index contributed by atoms with van der Waals surface area (Å²) in [4.78, 5) is 17.9. The SMILES string of the molecule is Cc1ccc(-n2c(=N)c(C(N)=S)cc3c(=O)n4cc(C)ccc4nc32)cc1. The van der Waals surface area contributed by atoms with Crippen molar-refractivity contribution >= 4 is 33.9 Å². The van der Waals surface area contributed by atoms with E-state index < -0.39 is 0 Å². The Labute approximate surface area is 160 Å². The van der Waals surface area contributed by atoms with Crippen molar-refractivity contribution in [2.45, 2.75) is 13.8 Å². The molecule has 0 aliphatic rings. The second-order valence-corrected chi connectivity index (χ2v) is 6.97. The van der Waals surface area contributed by atoms with Crippen LogP contribution in [0.3, 0.4) is 0 Å². The number of hydrogen-bond donors (Lipinski definition) is 2. The first-order valence-corrected chi connectivity index (χ1v) is 8.78. The van der Waals surface area contributed by atoms with Crippen LogP contribution in [0.5, 0.6) is 0 Å². The largest absolute Gasteiger partial charge is 0.389 e. The van der Waals surface area contributed by atoms with Crippen molar-refractivity contribution in [3.63, 3.8) is 0 Å². The number of rotatable bonds is 2. The lowest BCUT2D eigenvalue weighted by Gasteiger charge is -2.14. The van der Waals surface area contributed by atoms with Gasteiger partial charge in [0.15, 0.2) is 5.65 Å². The highest BCUT2D eigenvalue weighted by Crippen LogP contribution is 2.16. The first kappa shape index (κ1) is 17.1. The first-order chi connectivity index (χ1) is 12.9. The van der Waals surface area contributed by atoms with Gasteiger partial charge in [0.1, 0.15) is 16.1 Å². The van der Waals surface area contributed by atoms with Crippen molar-refractivity contribution in [2.24, 2.45) is 5.73 Å². The first-order valence-electron chi connectivity index (χ1n) is 8.37. The summed E-state index contributed by atoms with van der Waals surface area (Å²) >= 11 is 5.12. The molecule has 0 saturated heterocycles. The third-order valence-electron chi connectivity index (χ3n) is 4.52. The average Bonchev–Trinajstić information content (AvgIpc) is 2.63. The molecule has 4 aromatic rings.